The van der Waals surface area contributed by atoms with Gasteiger partial charge in [0.25, 0.3) is 0 Å². The van der Waals surface area contributed by atoms with E-state index in [1.807, 2.05) is 30.3 Å². The first-order valence-electron chi connectivity index (χ1n) is 4.17. The van der Waals surface area contributed by atoms with Gasteiger partial charge in [-0.25, -0.2) is 0 Å². The number of thioether (sulfide) groups is 1. The highest BCUT2D eigenvalue weighted by Gasteiger charge is 1.92. The topological polar surface area (TPSA) is 40.1 Å². The van der Waals surface area contributed by atoms with E-state index < -0.39 is 5.97 Å². The molecule has 0 saturated carbocycles. The van der Waals surface area contributed by atoms with Crippen LogP contribution in [0.2, 0.25) is 0 Å². The Kier molecular flexibility index (Phi) is 4.40. The van der Waals surface area contributed by atoms with Crippen molar-refractivity contribution in [1.82, 2.24) is 0 Å². The molecule has 1 aromatic rings. The number of carbonyl (C=O) groups excluding carboxylic acids is 1. The lowest BCUT2D eigenvalue weighted by Gasteiger charge is -2.01. The van der Waals surface area contributed by atoms with E-state index in [-0.39, 0.29) is 6.42 Å². The Bertz CT molecular complexity index is 259. The van der Waals surface area contributed by atoms with Crippen LogP contribution in [-0.4, -0.2) is 11.7 Å². The van der Waals surface area contributed by atoms with Crippen LogP contribution in [0, 0.1) is 0 Å². The molecule has 0 atom stereocenters. The zero-order valence-corrected chi connectivity index (χ0v) is 8.05. The molecular formula is C10H11O2S-. The predicted octanol–water partition coefficient (Wildman–Crippen LogP) is 1.31. The van der Waals surface area contributed by atoms with E-state index in [1.54, 1.807) is 11.8 Å². The quantitative estimate of drug-likeness (QED) is 0.525. The van der Waals surface area contributed by atoms with Gasteiger partial charge >= 0.3 is 0 Å². The summed E-state index contributed by atoms with van der Waals surface area (Å²) in [5.74, 6) is -0.133. The SMILES string of the molecule is O=C([O-])CCCSc1ccccc1. The number of hydrogen-bond acceptors (Lipinski definition) is 3. The number of carboxylic acid groups (broad SMARTS) is 1. The zero-order chi connectivity index (χ0) is 9.52. The molecule has 0 spiro atoms. The summed E-state index contributed by atoms with van der Waals surface area (Å²) in [6, 6.07) is 9.95. The molecule has 0 fully saturated rings. The molecule has 1 rings (SSSR count). The lowest BCUT2D eigenvalue weighted by Crippen LogP contribution is -2.21. The van der Waals surface area contributed by atoms with Crippen LogP contribution in [0.25, 0.3) is 0 Å². The first-order chi connectivity index (χ1) is 6.29. The second-order valence-corrected chi connectivity index (χ2v) is 3.81. The molecule has 70 valence electrons. The molecule has 13 heavy (non-hydrogen) atoms. The molecule has 0 saturated heterocycles. The summed E-state index contributed by atoms with van der Waals surface area (Å²) in [5, 5.41) is 10.1. The molecule has 0 heterocycles. The Morgan fingerprint density at radius 2 is 2.00 bits per heavy atom. The molecular weight excluding hydrogens is 184 g/mol. The summed E-state index contributed by atoms with van der Waals surface area (Å²) in [6.07, 6.45) is 0.821. The van der Waals surface area contributed by atoms with Crippen LogP contribution < -0.4 is 5.11 Å². The average molecular weight is 195 g/mol. The minimum atomic E-state index is -0.964. The van der Waals surface area contributed by atoms with Gasteiger partial charge in [0.05, 0.1) is 0 Å². The lowest BCUT2D eigenvalue weighted by atomic mass is 10.3. The third kappa shape index (κ3) is 4.58. The zero-order valence-electron chi connectivity index (χ0n) is 7.23. The Hall–Kier alpha value is -0.960. The molecule has 0 bridgehead atoms. The van der Waals surface area contributed by atoms with Crippen LogP contribution in [0.4, 0.5) is 0 Å². The van der Waals surface area contributed by atoms with Gasteiger partial charge in [0.2, 0.25) is 0 Å². The van der Waals surface area contributed by atoms with Crippen molar-refractivity contribution in [3.05, 3.63) is 30.3 Å². The van der Waals surface area contributed by atoms with Crippen LogP contribution >= 0.6 is 11.8 Å². The van der Waals surface area contributed by atoms with Crippen LogP contribution in [0.1, 0.15) is 12.8 Å². The van der Waals surface area contributed by atoms with Gasteiger partial charge in [-0.05, 0) is 30.7 Å². The first kappa shape index (κ1) is 10.1. The molecule has 0 unspecified atom stereocenters. The molecule has 0 aromatic heterocycles. The normalized spacial score (nSPS) is 9.85. The van der Waals surface area contributed by atoms with Crippen molar-refractivity contribution in [2.75, 3.05) is 5.75 Å². The highest BCUT2D eigenvalue weighted by Crippen LogP contribution is 2.17. The number of rotatable bonds is 5. The number of carboxylic acids is 1. The fraction of sp³-hybridized carbons (Fsp3) is 0.300. The monoisotopic (exact) mass is 195 g/mol. The van der Waals surface area contributed by atoms with E-state index in [2.05, 4.69) is 0 Å². The summed E-state index contributed by atoms with van der Waals surface area (Å²) in [4.78, 5) is 11.3. The summed E-state index contributed by atoms with van der Waals surface area (Å²) < 4.78 is 0. The van der Waals surface area contributed by atoms with E-state index in [9.17, 15) is 9.90 Å². The molecule has 0 N–H and O–H groups in total. The van der Waals surface area contributed by atoms with Gasteiger partial charge < -0.3 is 9.90 Å². The smallest absolute Gasteiger partial charge is 0.0414 e. The fourth-order valence-electron chi connectivity index (χ4n) is 0.923. The van der Waals surface area contributed by atoms with Gasteiger partial charge in [-0.3, -0.25) is 0 Å². The van der Waals surface area contributed by atoms with Gasteiger partial charge in [0, 0.05) is 10.9 Å². The highest BCUT2D eigenvalue weighted by atomic mass is 32.2. The molecule has 3 heteroatoms. The first-order valence-corrected chi connectivity index (χ1v) is 5.15. The second kappa shape index (κ2) is 5.65. The highest BCUT2D eigenvalue weighted by molar-refractivity contribution is 7.99. The van der Waals surface area contributed by atoms with Crippen LogP contribution in [0.15, 0.2) is 35.2 Å². The Labute approximate surface area is 82.0 Å². The van der Waals surface area contributed by atoms with Crippen molar-refractivity contribution in [1.29, 1.82) is 0 Å². The van der Waals surface area contributed by atoms with Crippen molar-refractivity contribution in [2.45, 2.75) is 17.7 Å². The summed E-state index contributed by atoms with van der Waals surface area (Å²) >= 11 is 1.67. The largest absolute Gasteiger partial charge is 0.550 e. The summed E-state index contributed by atoms with van der Waals surface area (Å²) in [5.41, 5.74) is 0. The van der Waals surface area contributed by atoms with E-state index in [0.29, 0.717) is 6.42 Å². The van der Waals surface area contributed by atoms with Crippen LogP contribution in [0.3, 0.4) is 0 Å². The fourth-order valence-corrected chi connectivity index (χ4v) is 1.80. The number of benzene rings is 1. The van der Waals surface area contributed by atoms with E-state index in [1.165, 1.54) is 4.90 Å². The van der Waals surface area contributed by atoms with Crippen LogP contribution in [-0.2, 0) is 4.79 Å². The van der Waals surface area contributed by atoms with Gasteiger partial charge in [-0.1, -0.05) is 18.2 Å². The molecule has 0 radical (unpaired) electrons. The third-order valence-corrected chi connectivity index (χ3v) is 2.64. The van der Waals surface area contributed by atoms with Crippen molar-refractivity contribution < 1.29 is 9.90 Å². The molecule has 0 aliphatic rings. The molecule has 2 nitrogen and oxygen atoms in total. The number of hydrogen-bond donors (Lipinski definition) is 0. The maximum Gasteiger partial charge on any atom is 0.0414 e. The minimum Gasteiger partial charge on any atom is -0.550 e. The molecule has 1 aromatic carbocycles. The Morgan fingerprint density at radius 3 is 2.62 bits per heavy atom. The van der Waals surface area contributed by atoms with Crippen molar-refractivity contribution in [3.63, 3.8) is 0 Å². The second-order valence-electron chi connectivity index (χ2n) is 2.64. The van der Waals surface area contributed by atoms with Gasteiger partial charge in [0.1, 0.15) is 0 Å². The van der Waals surface area contributed by atoms with E-state index in [0.717, 1.165) is 5.75 Å². The maximum absolute atomic E-state index is 10.1. The van der Waals surface area contributed by atoms with Crippen molar-refractivity contribution in [2.24, 2.45) is 0 Å². The Morgan fingerprint density at radius 1 is 1.31 bits per heavy atom. The molecule has 0 aliphatic carbocycles. The minimum absolute atomic E-state index is 0.153. The van der Waals surface area contributed by atoms with Crippen molar-refractivity contribution >= 4 is 17.7 Å². The van der Waals surface area contributed by atoms with Crippen LogP contribution in [0.5, 0.6) is 0 Å². The maximum atomic E-state index is 10.1. The third-order valence-electron chi connectivity index (χ3n) is 1.54. The van der Waals surface area contributed by atoms with Gasteiger partial charge in [0.15, 0.2) is 0 Å². The number of aliphatic carboxylic acids is 1. The van der Waals surface area contributed by atoms with E-state index in [4.69, 9.17) is 0 Å². The van der Waals surface area contributed by atoms with Gasteiger partial charge in [-0.2, -0.15) is 0 Å². The van der Waals surface area contributed by atoms with Crippen molar-refractivity contribution in [3.8, 4) is 0 Å². The summed E-state index contributed by atoms with van der Waals surface area (Å²) in [6.45, 7) is 0. The standard InChI is InChI=1S/C10H12O2S/c11-10(12)7-4-8-13-9-5-2-1-3-6-9/h1-3,5-6H,4,7-8H2,(H,11,12)/p-1. The summed E-state index contributed by atoms with van der Waals surface area (Å²) in [7, 11) is 0. The number of carbonyl (C=O) groups is 1. The lowest BCUT2D eigenvalue weighted by molar-refractivity contribution is -0.305. The molecule has 0 aliphatic heterocycles. The Balaban J connectivity index is 2.17. The van der Waals surface area contributed by atoms with E-state index >= 15 is 0 Å². The molecule has 0 amide bonds. The predicted molar refractivity (Wildman–Crippen MR) is 51.4 cm³/mol. The van der Waals surface area contributed by atoms with Gasteiger partial charge in [-0.15, -0.1) is 11.8 Å². The average Bonchev–Trinajstić information content (AvgIpc) is 2.14.